The van der Waals surface area contributed by atoms with Crippen molar-refractivity contribution in [3.63, 3.8) is 0 Å². The Morgan fingerprint density at radius 2 is 2.14 bits per heavy atom. The van der Waals surface area contributed by atoms with Gasteiger partial charge in [-0.3, -0.25) is 9.69 Å². The van der Waals surface area contributed by atoms with E-state index in [0.717, 1.165) is 70.2 Å². The quantitative estimate of drug-likeness (QED) is 0.621. The highest BCUT2D eigenvalue weighted by atomic mass is 16.7. The second-order valence-corrected chi connectivity index (χ2v) is 8.06. The summed E-state index contributed by atoms with van der Waals surface area (Å²) in [6.45, 7) is 7.41. The molecule has 1 amide bonds. The van der Waals surface area contributed by atoms with Crippen molar-refractivity contribution in [2.75, 3.05) is 46.8 Å². The molecule has 0 aromatic heterocycles. The van der Waals surface area contributed by atoms with E-state index >= 15 is 0 Å². The largest absolute Gasteiger partial charge is 0.493 e. The minimum absolute atomic E-state index is 0.246. The van der Waals surface area contributed by atoms with Crippen molar-refractivity contribution in [1.82, 2.24) is 9.80 Å². The monoisotopic (exact) mass is 404 g/mol. The third kappa shape index (κ3) is 4.46. The van der Waals surface area contributed by atoms with Gasteiger partial charge in [0.1, 0.15) is 0 Å². The minimum Gasteiger partial charge on any atom is -0.493 e. The van der Waals surface area contributed by atoms with E-state index in [-0.39, 0.29) is 6.79 Å². The molecule has 3 aliphatic rings. The highest BCUT2D eigenvalue weighted by Gasteiger charge is 2.39. The highest BCUT2D eigenvalue weighted by molar-refractivity contribution is 5.77. The Hall–Kier alpha value is -1.99. The molecular formula is C22H32N2O5. The van der Waals surface area contributed by atoms with Crippen LogP contribution in [0.25, 0.3) is 0 Å². The van der Waals surface area contributed by atoms with Crippen molar-refractivity contribution in [1.29, 1.82) is 0 Å². The molecule has 2 saturated heterocycles. The molecule has 1 aromatic rings. The number of hydrogen-bond acceptors (Lipinski definition) is 6. The van der Waals surface area contributed by atoms with Crippen molar-refractivity contribution < 1.29 is 23.7 Å². The van der Waals surface area contributed by atoms with Gasteiger partial charge in [0, 0.05) is 51.9 Å². The summed E-state index contributed by atoms with van der Waals surface area (Å²) in [5.74, 6) is 3.05. The SMILES string of the molecule is CCOCCCN1C(=O)CC[C@@H]2CN(Cc3cc(OC)c4c(c3)OCO4)CC[C@@H]21. The van der Waals surface area contributed by atoms with Crippen LogP contribution >= 0.6 is 0 Å². The molecule has 0 unspecified atom stereocenters. The number of rotatable bonds is 8. The number of piperidine rings is 2. The van der Waals surface area contributed by atoms with Gasteiger partial charge in [0.05, 0.1) is 7.11 Å². The molecule has 0 radical (unpaired) electrons. The summed E-state index contributed by atoms with van der Waals surface area (Å²) in [7, 11) is 1.66. The van der Waals surface area contributed by atoms with Crippen LogP contribution in [0, 0.1) is 5.92 Å². The molecule has 0 saturated carbocycles. The van der Waals surface area contributed by atoms with Crippen molar-refractivity contribution >= 4 is 5.91 Å². The van der Waals surface area contributed by atoms with Crippen LogP contribution in [0.15, 0.2) is 12.1 Å². The lowest BCUT2D eigenvalue weighted by atomic mass is 9.83. The van der Waals surface area contributed by atoms with Gasteiger partial charge in [0.15, 0.2) is 11.5 Å². The van der Waals surface area contributed by atoms with E-state index < -0.39 is 0 Å². The van der Waals surface area contributed by atoms with Gasteiger partial charge >= 0.3 is 0 Å². The van der Waals surface area contributed by atoms with Crippen LogP contribution in [0.3, 0.4) is 0 Å². The predicted molar refractivity (Wildman–Crippen MR) is 108 cm³/mol. The Morgan fingerprint density at radius 3 is 2.97 bits per heavy atom. The smallest absolute Gasteiger partial charge is 0.231 e. The lowest BCUT2D eigenvalue weighted by molar-refractivity contribution is -0.141. The van der Waals surface area contributed by atoms with Gasteiger partial charge in [0.2, 0.25) is 18.4 Å². The van der Waals surface area contributed by atoms with Gasteiger partial charge in [-0.25, -0.2) is 0 Å². The number of ether oxygens (including phenoxy) is 4. The van der Waals surface area contributed by atoms with Gasteiger partial charge in [0.25, 0.3) is 0 Å². The van der Waals surface area contributed by atoms with Crippen LogP contribution in [0.1, 0.15) is 38.2 Å². The lowest BCUT2D eigenvalue weighted by Crippen LogP contribution is -2.56. The molecule has 3 aliphatic heterocycles. The maximum Gasteiger partial charge on any atom is 0.231 e. The van der Waals surface area contributed by atoms with Crippen LogP contribution in [0.2, 0.25) is 0 Å². The molecule has 0 spiro atoms. The fourth-order valence-electron chi connectivity index (χ4n) is 4.88. The molecule has 0 aliphatic carbocycles. The molecule has 2 fully saturated rings. The zero-order chi connectivity index (χ0) is 20.2. The van der Waals surface area contributed by atoms with Gasteiger partial charge in [-0.15, -0.1) is 0 Å². The number of carbonyl (C=O) groups is 1. The first-order valence-electron chi connectivity index (χ1n) is 10.8. The fraction of sp³-hybridized carbons (Fsp3) is 0.682. The third-order valence-corrected chi connectivity index (χ3v) is 6.24. The average Bonchev–Trinajstić information content (AvgIpc) is 3.20. The molecule has 29 heavy (non-hydrogen) atoms. The normalized spacial score (nSPS) is 23.9. The summed E-state index contributed by atoms with van der Waals surface area (Å²) >= 11 is 0. The molecule has 160 valence electrons. The molecule has 0 bridgehead atoms. The van der Waals surface area contributed by atoms with Gasteiger partial charge in [-0.2, -0.15) is 0 Å². The Kier molecular flexibility index (Phi) is 6.45. The third-order valence-electron chi connectivity index (χ3n) is 6.24. The Morgan fingerprint density at radius 1 is 1.24 bits per heavy atom. The number of carbonyl (C=O) groups excluding carboxylic acids is 1. The number of fused-ring (bicyclic) bond motifs is 2. The van der Waals surface area contributed by atoms with E-state index in [0.29, 0.717) is 30.0 Å². The van der Waals surface area contributed by atoms with Crippen molar-refractivity contribution in [3.05, 3.63) is 17.7 Å². The maximum absolute atomic E-state index is 12.5. The summed E-state index contributed by atoms with van der Waals surface area (Å²) in [5.41, 5.74) is 1.17. The number of likely N-dealkylation sites (tertiary alicyclic amines) is 2. The molecule has 7 heteroatoms. The van der Waals surface area contributed by atoms with Gasteiger partial charge in [-0.05, 0) is 49.8 Å². The maximum atomic E-state index is 12.5. The summed E-state index contributed by atoms with van der Waals surface area (Å²) in [6.07, 6.45) is 3.62. The van der Waals surface area contributed by atoms with Crippen LogP contribution in [0.4, 0.5) is 0 Å². The first-order chi connectivity index (χ1) is 14.2. The van der Waals surface area contributed by atoms with E-state index in [2.05, 4.69) is 15.9 Å². The second kappa shape index (κ2) is 9.22. The van der Waals surface area contributed by atoms with E-state index in [1.165, 1.54) is 5.56 Å². The van der Waals surface area contributed by atoms with Crippen LogP contribution in [0.5, 0.6) is 17.2 Å². The number of amides is 1. The predicted octanol–water partition coefficient (Wildman–Crippen LogP) is 2.66. The average molecular weight is 405 g/mol. The van der Waals surface area contributed by atoms with Gasteiger partial charge < -0.3 is 23.8 Å². The first-order valence-corrected chi connectivity index (χ1v) is 10.8. The Labute approximate surface area is 172 Å². The summed E-state index contributed by atoms with van der Waals surface area (Å²) in [4.78, 5) is 17.1. The Balaban J connectivity index is 1.37. The number of hydrogen-bond donors (Lipinski definition) is 0. The molecular weight excluding hydrogens is 372 g/mol. The summed E-state index contributed by atoms with van der Waals surface area (Å²) in [5, 5.41) is 0. The van der Waals surface area contributed by atoms with Crippen LogP contribution < -0.4 is 14.2 Å². The standard InChI is InChI=1S/C22H32N2O5/c1-3-27-10-4-8-24-18-7-9-23(14-17(18)5-6-21(24)25)13-16-11-19(26-2)22-20(12-16)28-15-29-22/h11-12,17-18H,3-10,13-15H2,1-2H3/t17-,18+/m1/s1. The first kappa shape index (κ1) is 20.3. The van der Waals surface area contributed by atoms with E-state index in [9.17, 15) is 4.79 Å². The van der Waals surface area contributed by atoms with E-state index in [4.69, 9.17) is 18.9 Å². The minimum atomic E-state index is 0.246. The van der Waals surface area contributed by atoms with Crippen molar-refractivity contribution in [3.8, 4) is 17.2 Å². The molecule has 0 N–H and O–H groups in total. The second-order valence-electron chi connectivity index (χ2n) is 8.06. The number of nitrogens with zero attached hydrogens (tertiary/aromatic N) is 2. The van der Waals surface area contributed by atoms with Crippen LogP contribution in [-0.2, 0) is 16.1 Å². The summed E-state index contributed by atoms with van der Waals surface area (Å²) < 4.78 is 22.0. The molecule has 4 rings (SSSR count). The van der Waals surface area contributed by atoms with E-state index in [1.54, 1.807) is 7.11 Å². The fourth-order valence-corrected chi connectivity index (χ4v) is 4.88. The number of methoxy groups -OCH3 is 1. The van der Waals surface area contributed by atoms with E-state index in [1.807, 2.05) is 13.0 Å². The number of benzene rings is 1. The molecule has 7 nitrogen and oxygen atoms in total. The van der Waals surface area contributed by atoms with Crippen molar-refractivity contribution in [2.24, 2.45) is 5.92 Å². The van der Waals surface area contributed by atoms with Gasteiger partial charge in [-0.1, -0.05) is 0 Å². The summed E-state index contributed by atoms with van der Waals surface area (Å²) in [6, 6.07) is 4.48. The van der Waals surface area contributed by atoms with Crippen LogP contribution in [-0.4, -0.2) is 68.5 Å². The lowest BCUT2D eigenvalue weighted by Gasteiger charge is -2.47. The molecule has 3 heterocycles. The molecule has 2 atom stereocenters. The zero-order valence-corrected chi connectivity index (χ0v) is 17.5. The van der Waals surface area contributed by atoms with Crippen molar-refractivity contribution in [2.45, 2.75) is 45.2 Å². The zero-order valence-electron chi connectivity index (χ0n) is 17.5. The Bertz CT molecular complexity index is 725. The highest BCUT2D eigenvalue weighted by Crippen LogP contribution is 2.42. The topological polar surface area (TPSA) is 60.5 Å². The molecule has 1 aromatic carbocycles.